The van der Waals surface area contributed by atoms with Crippen LogP contribution in [0.3, 0.4) is 0 Å². The zero-order valence-electron chi connectivity index (χ0n) is 15.5. The van der Waals surface area contributed by atoms with Gasteiger partial charge in [0.25, 0.3) is 0 Å². The topological polar surface area (TPSA) is 49.9 Å². The van der Waals surface area contributed by atoms with Crippen LogP contribution in [0.15, 0.2) is 18.2 Å². The average molecular weight is 344 g/mol. The molecule has 2 aliphatic heterocycles. The molecule has 0 saturated carbocycles. The van der Waals surface area contributed by atoms with Crippen LogP contribution in [-0.2, 0) is 20.7 Å². The molecule has 0 bridgehead atoms. The fraction of sp³-hybridized carbons (Fsp3) is 0.600. The Bertz CT molecular complexity index is 658. The van der Waals surface area contributed by atoms with Gasteiger partial charge >= 0.3 is 0 Å². The summed E-state index contributed by atoms with van der Waals surface area (Å²) in [6, 6.07) is 6.39. The largest absolute Gasteiger partial charge is 0.374 e. The summed E-state index contributed by atoms with van der Waals surface area (Å²) in [4.78, 5) is 28.3. The van der Waals surface area contributed by atoms with E-state index < -0.39 is 0 Å². The van der Waals surface area contributed by atoms with Crippen LogP contribution >= 0.6 is 0 Å². The van der Waals surface area contributed by atoms with Crippen molar-refractivity contribution in [1.82, 2.24) is 9.80 Å². The van der Waals surface area contributed by atoms with Crippen molar-refractivity contribution in [1.29, 1.82) is 0 Å². The van der Waals surface area contributed by atoms with E-state index >= 15 is 0 Å². The van der Waals surface area contributed by atoms with Crippen molar-refractivity contribution in [3.8, 4) is 0 Å². The highest BCUT2D eigenvalue weighted by Crippen LogP contribution is 2.24. The molecule has 0 aromatic heterocycles. The number of likely N-dealkylation sites (tertiary alicyclic amines) is 1. The van der Waals surface area contributed by atoms with Crippen LogP contribution in [0.5, 0.6) is 0 Å². The van der Waals surface area contributed by atoms with Crippen molar-refractivity contribution in [2.24, 2.45) is 0 Å². The van der Waals surface area contributed by atoms with Gasteiger partial charge in [-0.05, 0) is 37.8 Å². The Morgan fingerprint density at radius 2 is 2.04 bits per heavy atom. The van der Waals surface area contributed by atoms with E-state index in [4.69, 9.17) is 4.74 Å². The summed E-state index contributed by atoms with van der Waals surface area (Å²) in [5, 5.41) is 0. The second-order valence-corrected chi connectivity index (χ2v) is 7.25. The van der Waals surface area contributed by atoms with Gasteiger partial charge in [-0.1, -0.05) is 23.8 Å². The summed E-state index contributed by atoms with van der Waals surface area (Å²) >= 11 is 0. The molecule has 0 aliphatic carbocycles. The highest BCUT2D eigenvalue weighted by atomic mass is 16.5. The molecule has 136 valence electrons. The molecular weight excluding hydrogens is 316 g/mol. The lowest BCUT2D eigenvalue weighted by molar-refractivity contribution is -0.156. The van der Waals surface area contributed by atoms with Gasteiger partial charge in [-0.15, -0.1) is 0 Å². The smallest absolute Gasteiger partial charge is 0.222 e. The predicted molar refractivity (Wildman–Crippen MR) is 96.3 cm³/mol. The first kappa shape index (κ1) is 17.9. The molecule has 5 heteroatoms. The maximum Gasteiger partial charge on any atom is 0.222 e. The molecule has 5 nitrogen and oxygen atoms in total. The van der Waals surface area contributed by atoms with Gasteiger partial charge in [0, 0.05) is 33.0 Å². The fourth-order valence-corrected chi connectivity index (χ4v) is 4.02. The summed E-state index contributed by atoms with van der Waals surface area (Å²) in [5.41, 5.74) is 3.73. The number of fused-ring (bicyclic) bond motifs is 1. The van der Waals surface area contributed by atoms with Crippen molar-refractivity contribution < 1.29 is 14.3 Å². The number of hydrogen-bond acceptors (Lipinski definition) is 3. The average Bonchev–Trinajstić information content (AvgIpc) is 2.59. The van der Waals surface area contributed by atoms with Crippen LogP contribution in [-0.4, -0.2) is 60.0 Å². The van der Waals surface area contributed by atoms with Crippen molar-refractivity contribution in [3.63, 3.8) is 0 Å². The monoisotopic (exact) mass is 344 g/mol. The van der Waals surface area contributed by atoms with Gasteiger partial charge in [0.15, 0.2) is 0 Å². The number of amides is 2. The van der Waals surface area contributed by atoms with E-state index in [1.165, 1.54) is 16.7 Å². The Labute approximate surface area is 149 Å². The Kier molecular flexibility index (Phi) is 5.42. The van der Waals surface area contributed by atoms with Crippen LogP contribution in [0, 0.1) is 13.8 Å². The molecule has 0 radical (unpaired) electrons. The van der Waals surface area contributed by atoms with Gasteiger partial charge in [0.05, 0.1) is 18.8 Å². The SMILES string of the molecule is CC(=O)N1CCOC2CCN(C(=O)CCc3ccc(C)cc3C)CC21. The van der Waals surface area contributed by atoms with Crippen molar-refractivity contribution in [3.05, 3.63) is 34.9 Å². The highest BCUT2D eigenvalue weighted by molar-refractivity contribution is 5.77. The van der Waals surface area contributed by atoms with Gasteiger partial charge < -0.3 is 14.5 Å². The Balaban J connectivity index is 1.60. The second kappa shape index (κ2) is 7.56. The molecule has 2 saturated heterocycles. The standard InChI is InChI=1S/C20H28N2O3/c1-14-4-5-17(15(2)12-14)6-7-20(24)21-9-8-19-18(13-21)22(16(3)23)10-11-25-19/h4-5,12,18-19H,6-11,13H2,1-3H3. The molecule has 1 aromatic carbocycles. The molecule has 2 unspecified atom stereocenters. The zero-order chi connectivity index (χ0) is 18.0. The summed E-state index contributed by atoms with van der Waals surface area (Å²) < 4.78 is 5.81. The molecule has 25 heavy (non-hydrogen) atoms. The van der Waals surface area contributed by atoms with Crippen molar-refractivity contribution in [2.45, 2.75) is 52.2 Å². The quantitative estimate of drug-likeness (QED) is 0.844. The number of nitrogens with zero attached hydrogens (tertiary/aromatic N) is 2. The van der Waals surface area contributed by atoms with E-state index in [9.17, 15) is 9.59 Å². The number of ether oxygens (including phenoxy) is 1. The lowest BCUT2D eigenvalue weighted by Crippen LogP contribution is -2.61. The lowest BCUT2D eigenvalue weighted by atomic mass is 9.97. The number of hydrogen-bond donors (Lipinski definition) is 0. The fourth-order valence-electron chi connectivity index (χ4n) is 4.02. The van der Waals surface area contributed by atoms with E-state index in [2.05, 4.69) is 32.0 Å². The molecule has 2 heterocycles. The molecule has 2 atom stereocenters. The third-order valence-corrected chi connectivity index (χ3v) is 5.45. The predicted octanol–water partition coefficient (Wildman–Crippen LogP) is 2.08. The molecule has 2 fully saturated rings. The summed E-state index contributed by atoms with van der Waals surface area (Å²) in [5.74, 6) is 0.246. The molecule has 1 aromatic rings. The van der Waals surface area contributed by atoms with E-state index in [0.717, 1.165) is 19.4 Å². The molecular formula is C20H28N2O3. The minimum absolute atomic E-state index is 0.00469. The van der Waals surface area contributed by atoms with Crippen LogP contribution in [0.2, 0.25) is 0 Å². The summed E-state index contributed by atoms with van der Waals surface area (Å²) in [6.07, 6.45) is 2.16. The van der Waals surface area contributed by atoms with Crippen LogP contribution in [0.4, 0.5) is 0 Å². The maximum atomic E-state index is 12.7. The van der Waals surface area contributed by atoms with Crippen LogP contribution in [0.1, 0.15) is 36.5 Å². The summed E-state index contributed by atoms with van der Waals surface area (Å²) in [7, 11) is 0. The number of carbonyl (C=O) groups excluding carboxylic acids is 2. The van der Waals surface area contributed by atoms with Gasteiger partial charge in [-0.25, -0.2) is 0 Å². The first-order chi connectivity index (χ1) is 12.0. The van der Waals surface area contributed by atoms with Crippen molar-refractivity contribution in [2.75, 3.05) is 26.2 Å². The lowest BCUT2D eigenvalue weighted by Gasteiger charge is -2.46. The third kappa shape index (κ3) is 4.03. The Hall–Kier alpha value is -1.88. The number of rotatable bonds is 3. The third-order valence-electron chi connectivity index (χ3n) is 5.45. The molecule has 2 amide bonds. The molecule has 3 rings (SSSR count). The molecule has 0 N–H and O–H groups in total. The van der Waals surface area contributed by atoms with Gasteiger partial charge in [-0.2, -0.15) is 0 Å². The first-order valence-corrected chi connectivity index (χ1v) is 9.18. The van der Waals surface area contributed by atoms with Crippen LogP contribution < -0.4 is 0 Å². The Morgan fingerprint density at radius 3 is 2.76 bits per heavy atom. The number of morpholine rings is 1. The van der Waals surface area contributed by atoms with Crippen LogP contribution in [0.25, 0.3) is 0 Å². The second-order valence-electron chi connectivity index (χ2n) is 7.25. The highest BCUT2D eigenvalue weighted by Gasteiger charge is 2.39. The first-order valence-electron chi connectivity index (χ1n) is 9.18. The van der Waals surface area contributed by atoms with E-state index in [1.807, 2.05) is 9.80 Å². The van der Waals surface area contributed by atoms with Gasteiger partial charge in [0.2, 0.25) is 11.8 Å². The number of piperidine rings is 1. The molecule has 2 aliphatic rings. The number of benzene rings is 1. The van der Waals surface area contributed by atoms with Gasteiger partial charge in [-0.3, -0.25) is 9.59 Å². The summed E-state index contributed by atoms with van der Waals surface area (Å²) in [6.45, 7) is 8.32. The van der Waals surface area contributed by atoms with E-state index in [1.54, 1.807) is 6.92 Å². The minimum Gasteiger partial charge on any atom is -0.374 e. The van der Waals surface area contributed by atoms with Crippen molar-refractivity contribution >= 4 is 11.8 Å². The number of aryl methyl sites for hydroxylation is 3. The number of carbonyl (C=O) groups is 2. The van der Waals surface area contributed by atoms with Gasteiger partial charge in [0.1, 0.15) is 0 Å². The van der Waals surface area contributed by atoms with E-state index in [-0.39, 0.29) is 24.0 Å². The molecule has 0 spiro atoms. The Morgan fingerprint density at radius 1 is 1.24 bits per heavy atom. The normalized spacial score (nSPS) is 23.3. The zero-order valence-corrected chi connectivity index (χ0v) is 15.5. The minimum atomic E-state index is 0.00469. The maximum absolute atomic E-state index is 12.7. The van der Waals surface area contributed by atoms with E-state index in [0.29, 0.717) is 26.1 Å².